The fourth-order valence-electron chi connectivity index (χ4n) is 1.48. The number of rotatable bonds is 4. The van der Waals surface area contributed by atoms with Crippen molar-refractivity contribution >= 4 is 11.8 Å². The Bertz CT molecular complexity index is 91.3. The van der Waals surface area contributed by atoms with Crippen LogP contribution in [0, 0.1) is 5.92 Å². The molecule has 1 atom stereocenters. The first-order valence-electron chi connectivity index (χ1n) is 4.04. The standard InChI is InChI=1S/C8H17NS/c1-9-8(6-10-2)7-4-3-5-7/h7-9H,3-6H2,1-2H3. The third-order valence-electron chi connectivity index (χ3n) is 2.44. The van der Waals surface area contributed by atoms with Gasteiger partial charge in [0.15, 0.2) is 0 Å². The summed E-state index contributed by atoms with van der Waals surface area (Å²) in [4.78, 5) is 0. The highest BCUT2D eigenvalue weighted by Gasteiger charge is 2.25. The lowest BCUT2D eigenvalue weighted by atomic mass is 9.80. The van der Waals surface area contributed by atoms with Gasteiger partial charge in [0.05, 0.1) is 0 Å². The predicted molar refractivity (Wildman–Crippen MR) is 48.6 cm³/mol. The molecule has 0 amide bonds. The van der Waals surface area contributed by atoms with Crippen LogP contribution < -0.4 is 5.32 Å². The number of hydrogen-bond donors (Lipinski definition) is 1. The van der Waals surface area contributed by atoms with Crippen molar-refractivity contribution in [1.82, 2.24) is 5.32 Å². The molecule has 1 fully saturated rings. The van der Waals surface area contributed by atoms with E-state index in [1.165, 1.54) is 25.0 Å². The van der Waals surface area contributed by atoms with Gasteiger partial charge >= 0.3 is 0 Å². The van der Waals surface area contributed by atoms with Crippen molar-refractivity contribution in [2.75, 3.05) is 19.1 Å². The molecule has 0 aromatic carbocycles. The molecule has 1 aliphatic rings. The van der Waals surface area contributed by atoms with Crippen LogP contribution in [0.15, 0.2) is 0 Å². The molecule has 0 radical (unpaired) electrons. The first kappa shape index (κ1) is 8.41. The van der Waals surface area contributed by atoms with Crippen LogP contribution in [0.1, 0.15) is 19.3 Å². The van der Waals surface area contributed by atoms with E-state index in [4.69, 9.17) is 0 Å². The lowest BCUT2D eigenvalue weighted by molar-refractivity contribution is 0.253. The molecule has 0 saturated heterocycles. The summed E-state index contributed by atoms with van der Waals surface area (Å²) in [6.45, 7) is 0. The molecule has 0 spiro atoms. The molecule has 2 heteroatoms. The van der Waals surface area contributed by atoms with E-state index in [0.29, 0.717) is 0 Å². The van der Waals surface area contributed by atoms with Gasteiger partial charge in [-0.3, -0.25) is 0 Å². The second kappa shape index (κ2) is 4.24. The lowest BCUT2D eigenvalue weighted by Crippen LogP contribution is -2.39. The Kier molecular flexibility index (Phi) is 3.57. The Labute approximate surface area is 68.0 Å². The SMILES string of the molecule is CNC(CSC)C1CCC1. The number of hydrogen-bond acceptors (Lipinski definition) is 2. The average Bonchev–Trinajstić information content (AvgIpc) is 1.83. The molecule has 1 N–H and O–H groups in total. The molecule has 1 saturated carbocycles. The second-order valence-corrected chi connectivity index (χ2v) is 3.95. The fourth-order valence-corrected chi connectivity index (χ4v) is 2.27. The lowest BCUT2D eigenvalue weighted by Gasteiger charge is -2.33. The van der Waals surface area contributed by atoms with Crippen LogP contribution in [-0.2, 0) is 0 Å². The minimum atomic E-state index is 0.781. The summed E-state index contributed by atoms with van der Waals surface area (Å²) in [5.74, 6) is 2.26. The Hall–Kier alpha value is 0.310. The molecular weight excluding hydrogens is 142 g/mol. The summed E-state index contributed by atoms with van der Waals surface area (Å²) < 4.78 is 0. The van der Waals surface area contributed by atoms with Crippen molar-refractivity contribution in [3.05, 3.63) is 0 Å². The second-order valence-electron chi connectivity index (χ2n) is 3.04. The summed E-state index contributed by atoms with van der Waals surface area (Å²) >= 11 is 1.95. The monoisotopic (exact) mass is 159 g/mol. The third-order valence-corrected chi connectivity index (χ3v) is 3.13. The topological polar surface area (TPSA) is 12.0 Å². The molecule has 0 aromatic rings. The Morgan fingerprint density at radius 2 is 2.30 bits per heavy atom. The fraction of sp³-hybridized carbons (Fsp3) is 1.00. The van der Waals surface area contributed by atoms with Gasteiger partial charge in [-0.05, 0) is 32.1 Å². The molecule has 1 unspecified atom stereocenters. The van der Waals surface area contributed by atoms with Crippen molar-refractivity contribution in [1.29, 1.82) is 0 Å². The van der Waals surface area contributed by atoms with Gasteiger partial charge in [0.25, 0.3) is 0 Å². The quantitative estimate of drug-likeness (QED) is 0.670. The van der Waals surface area contributed by atoms with Gasteiger partial charge in [0.2, 0.25) is 0 Å². The molecular formula is C8H17NS. The predicted octanol–water partition coefficient (Wildman–Crippen LogP) is 1.74. The van der Waals surface area contributed by atoms with Gasteiger partial charge < -0.3 is 5.32 Å². The van der Waals surface area contributed by atoms with Crippen LogP contribution in [0.3, 0.4) is 0 Å². The molecule has 1 rings (SSSR count). The molecule has 1 nitrogen and oxygen atoms in total. The van der Waals surface area contributed by atoms with E-state index in [-0.39, 0.29) is 0 Å². The molecule has 60 valence electrons. The van der Waals surface area contributed by atoms with Crippen LogP contribution in [0.2, 0.25) is 0 Å². The van der Waals surface area contributed by atoms with Crippen molar-refractivity contribution in [3.8, 4) is 0 Å². The molecule has 10 heavy (non-hydrogen) atoms. The summed E-state index contributed by atoms with van der Waals surface area (Å²) in [5, 5.41) is 3.38. The first-order chi connectivity index (χ1) is 4.88. The maximum absolute atomic E-state index is 3.38. The van der Waals surface area contributed by atoms with Gasteiger partial charge in [-0.1, -0.05) is 6.42 Å². The van der Waals surface area contributed by atoms with Crippen LogP contribution in [0.5, 0.6) is 0 Å². The van der Waals surface area contributed by atoms with Crippen molar-refractivity contribution < 1.29 is 0 Å². The van der Waals surface area contributed by atoms with Crippen molar-refractivity contribution in [2.24, 2.45) is 5.92 Å². The molecule has 0 bridgehead atoms. The zero-order valence-corrected chi connectivity index (χ0v) is 7.71. The Morgan fingerprint density at radius 3 is 2.60 bits per heavy atom. The maximum Gasteiger partial charge on any atom is 0.0183 e. The number of nitrogens with one attached hydrogen (secondary N) is 1. The zero-order chi connectivity index (χ0) is 7.40. The van der Waals surface area contributed by atoms with E-state index in [0.717, 1.165) is 12.0 Å². The maximum atomic E-state index is 3.38. The van der Waals surface area contributed by atoms with Gasteiger partial charge in [0, 0.05) is 11.8 Å². The summed E-state index contributed by atoms with van der Waals surface area (Å²) in [7, 11) is 2.08. The van der Waals surface area contributed by atoms with Crippen LogP contribution in [0.25, 0.3) is 0 Å². The smallest absolute Gasteiger partial charge is 0.0183 e. The van der Waals surface area contributed by atoms with Gasteiger partial charge in [0.1, 0.15) is 0 Å². The first-order valence-corrected chi connectivity index (χ1v) is 5.44. The van der Waals surface area contributed by atoms with Gasteiger partial charge in [-0.25, -0.2) is 0 Å². The van der Waals surface area contributed by atoms with Crippen LogP contribution >= 0.6 is 11.8 Å². The van der Waals surface area contributed by atoms with E-state index in [2.05, 4.69) is 18.6 Å². The highest BCUT2D eigenvalue weighted by Crippen LogP contribution is 2.30. The van der Waals surface area contributed by atoms with Crippen LogP contribution in [-0.4, -0.2) is 25.1 Å². The van der Waals surface area contributed by atoms with E-state index in [9.17, 15) is 0 Å². The Morgan fingerprint density at radius 1 is 1.60 bits per heavy atom. The van der Waals surface area contributed by atoms with Crippen LogP contribution in [0.4, 0.5) is 0 Å². The van der Waals surface area contributed by atoms with E-state index in [1.807, 2.05) is 11.8 Å². The minimum absolute atomic E-state index is 0.781. The summed E-state index contributed by atoms with van der Waals surface area (Å²) in [6, 6.07) is 0.781. The average molecular weight is 159 g/mol. The highest BCUT2D eigenvalue weighted by molar-refractivity contribution is 7.98. The van der Waals surface area contributed by atoms with E-state index < -0.39 is 0 Å². The van der Waals surface area contributed by atoms with Crippen molar-refractivity contribution in [3.63, 3.8) is 0 Å². The third kappa shape index (κ3) is 1.89. The molecule has 0 aliphatic heterocycles. The zero-order valence-electron chi connectivity index (χ0n) is 6.89. The molecule has 1 aliphatic carbocycles. The van der Waals surface area contributed by atoms with Gasteiger partial charge in [-0.15, -0.1) is 0 Å². The Balaban J connectivity index is 2.17. The minimum Gasteiger partial charge on any atom is -0.316 e. The molecule has 0 aromatic heterocycles. The normalized spacial score (nSPS) is 22.2. The summed E-state index contributed by atoms with van der Waals surface area (Å²) in [6.07, 6.45) is 6.54. The number of thioether (sulfide) groups is 1. The summed E-state index contributed by atoms with van der Waals surface area (Å²) in [5.41, 5.74) is 0. The highest BCUT2D eigenvalue weighted by atomic mass is 32.2. The van der Waals surface area contributed by atoms with E-state index in [1.54, 1.807) is 0 Å². The van der Waals surface area contributed by atoms with E-state index >= 15 is 0 Å². The van der Waals surface area contributed by atoms with Crippen molar-refractivity contribution in [2.45, 2.75) is 25.3 Å². The van der Waals surface area contributed by atoms with Gasteiger partial charge in [-0.2, -0.15) is 11.8 Å². The largest absolute Gasteiger partial charge is 0.316 e. The molecule has 0 heterocycles.